The molecule has 1 amide bonds. The van der Waals surface area contributed by atoms with E-state index >= 15 is 0 Å². The monoisotopic (exact) mass is 456 g/mol. The molecule has 0 radical (unpaired) electrons. The van der Waals surface area contributed by atoms with Crippen LogP contribution in [0.15, 0.2) is 54.9 Å². The second kappa shape index (κ2) is 9.22. The van der Waals surface area contributed by atoms with Crippen LogP contribution in [0.5, 0.6) is 0 Å². The Labute approximate surface area is 191 Å². The summed E-state index contributed by atoms with van der Waals surface area (Å²) in [5.74, 6) is -0.315. The van der Waals surface area contributed by atoms with Gasteiger partial charge in [0.1, 0.15) is 12.0 Å². The predicted octanol–water partition coefficient (Wildman–Crippen LogP) is 5.32. The standard InChI is InChI=1S/C23H22Cl2N4O2/c1-14-11-29(12-15(2)31-14)18-6-4-17(5-7-18)28-23(30)22-10-21(26-13-27-22)16-3-8-19(24)20(25)9-16/h3-10,13-15H,11-12H2,1-2H3,(H,28,30). The van der Waals surface area contributed by atoms with Crippen molar-refractivity contribution in [1.82, 2.24) is 9.97 Å². The average molecular weight is 457 g/mol. The van der Waals surface area contributed by atoms with E-state index in [0.717, 1.165) is 24.3 Å². The summed E-state index contributed by atoms with van der Waals surface area (Å²) in [6.45, 7) is 5.83. The van der Waals surface area contributed by atoms with E-state index in [1.165, 1.54) is 6.33 Å². The lowest BCUT2D eigenvalue weighted by atomic mass is 10.1. The lowest BCUT2D eigenvalue weighted by Crippen LogP contribution is -2.45. The molecule has 1 N–H and O–H groups in total. The summed E-state index contributed by atoms with van der Waals surface area (Å²) >= 11 is 12.1. The van der Waals surface area contributed by atoms with Gasteiger partial charge in [0.05, 0.1) is 27.9 Å². The zero-order valence-electron chi connectivity index (χ0n) is 17.2. The number of hydrogen-bond acceptors (Lipinski definition) is 5. The number of nitrogens with one attached hydrogen (secondary N) is 1. The molecule has 4 rings (SSSR count). The van der Waals surface area contributed by atoms with Gasteiger partial charge in [-0.05, 0) is 56.3 Å². The molecule has 1 aliphatic heterocycles. The summed E-state index contributed by atoms with van der Waals surface area (Å²) in [6, 6.07) is 14.6. The van der Waals surface area contributed by atoms with Crippen LogP contribution in [0.4, 0.5) is 11.4 Å². The molecule has 160 valence electrons. The Morgan fingerprint density at radius 3 is 2.39 bits per heavy atom. The van der Waals surface area contributed by atoms with Crippen LogP contribution in [0.3, 0.4) is 0 Å². The van der Waals surface area contributed by atoms with Gasteiger partial charge < -0.3 is 15.0 Å². The van der Waals surface area contributed by atoms with Crippen molar-refractivity contribution in [2.45, 2.75) is 26.1 Å². The Kier molecular flexibility index (Phi) is 6.41. The van der Waals surface area contributed by atoms with Gasteiger partial charge in [0.2, 0.25) is 0 Å². The van der Waals surface area contributed by atoms with Crippen LogP contribution in [0.25, 0.3) is 11.3 Å². The van der Waals surface area contributed by atoms with Gasteiger partial charge in [0.15, 0.2) is 0 Å². The highest BCUT2D eigenvalue weighted by Crippen LogP contribution is 2.28. The molecule has 3 aromatic rings. The number of aromatic nitrogens is 2. The van der Waals surface area contributed by atoms with Gasteiger partial charge in [-0.25, -0.2) is 9.97 Å². The first-order valence-corrected chi connectivity index (χ1v) is 10.7. The van der Waals surface area contributed by atoms with Crippen molar-refractivity contribution >= 4 is 40.5 Å². The normalized spacial score (nSPS) is 18.6. The summed E-state index contributed by atoms with van der Waals surface area (Å²) < 4.78 is 5.79. The first kappa shape index (κ1) is 21.6. The van der Waals surface area contributed by atoms with Crippen LogP contribution in [0, 0.1) is 0 Å². The van der Waals surface area contributed by atoms with E-state index in [-0.39, 0.29) is 23.8 Å². The van der Waals surface area contributed by atoms with Crippen molar-refractivity contribution in [3.8, 4) is 11.3 Å². The average Bonchev–Trinajstić information content (AvgIpc) is 2.75. The fourth-order valence-corrected chi connectivity index (χ4v) is 3.93. The molecule has 0 aliphatic carbocycles. The van der Waals surface area contributed by atoms with E-state index in [4.69, 9.17) is 27.9 Å². The summed E-state index contributed by atoms with van der Waals surface area (Å²) in [6.07, 6.45) is 1.73. The maximum atomic E-state index is 12.7. The second-order valence-electron chi connectivity index (χ2n) is 7.58. The number of carbonyl (C=O) groups is 1. The SMILES string of the molecule is CC1CN(c2ccc(NC(=O)c3cc(-c4ccc(Cl)c(Cl)c4)ncn3)cc2)CC(C)O1. The third-order valence-corrected chi connectivity index (χ3v) is 5.76. The molecule has 0 bridgehead atoms. The quantitative estimate of drug-likeness (QED) is 0.575. The molecule has 2 atom stereocenters. The Balaban J connectivity index is 1.46. The third kappa shape index (κ3) is 5.15. The molecule has 8 heteroatoms. The zero-order valence-corrected chi connectivity index (χ0v) is 18.7. The minimum absolute atomic E-state index is 0.186. The van der Waals surface area contributed by atoms with Gasteiger partial charge in [-0.2, -0.15) is 0 Å². The Hall–Kier alpha value is -2.67. The van der Waals surface area contributed by atoms with Gasteiger partial charge in [-0.1, -0.05) is 29.3 Å². The number of nitrogens with zero attached hydrogens (tertiary/aromatic N) is 3. The Morgan fingerprint density at radius 1 is 1.00 bits per heavy atom. The van der Waals surface area contributed by atoms with Crippen molar-refractivity contribution in [3.05, 3.63) is 70.6 Å². The van der Waals surface area contributed by atoms with E-state index < -0.39 is 0 Å². The number of amides is 1. The van der Waals surface area contributed by atoms with E-state index in [1.807, 2.05) is 24.3 Å². The highest BCUT2D eigenvalue weighted by atomic mass is 35.5. The molecule has 2 heterocycles. The topological polar surface area (TPSA) is 67.4 Å². The maximum Gasteiger partial charge on any atom is 0.274 e. The molecule has 0 spiro atoms. The number of rotatable bonds is 4. The van der Waals surface area contributed by atoms with E-state index in [1.54, 1.807) is 24.3 Å². The number of halogens is 2. The molecule has 2 unspecified atom stereocenters. The fourth-order valence-electron chi connectivity index (χ4n) is 3.63. The number of benzene rings is 2. The molecular weight excluding hydrogens is 435 g/mol. The Bertz CT molecular complexity index is 1080. The third-order valence-electron chi connectivity index (χ3n) is 5.03. The van der Waals surface area contributed by atoms with Gasteiger partial charge in [0.25, 0.3) is 5.91 Å². The van der Waals surface area contributed by atoms with Crippen molar-refractivity contribution < 1.29 is 9.53 Å². The number of hydrogen-bond donors (Lipinski definition) is 1. The van der Waals surface area contributed by atoms with Crippen molar-refractivity contribution in [1.29, 1.82) is 0 Å². The summed E-state index contributed by atoms with van der Waals surface area (Å²) in [5, 5.41) is 3.77. The smallest absolute Gasteiger partial charge is 0.274 e. The Morgan fingerprint density at radius 2 is 1.71 bits per heavy atom. The van der Waals surface area contributed by atoms with Gasteiger partial charge >= 0.3 is 0 Å². The van der Waals surface area contributed by atoms with Crippen molar-refractivity contribution in [2.75, 3.05) is 23.3 Å². The molecule has 0 saturated carbocycles. The number of anilines is 2. The molecule has 1 fully saturated rings. The van der Waals surface area contributed by atoms with Gasteiger partial charge in [-0.15, -0.1) is 0 Å². The first-order chi connectivity index (χ1) is 14.9. The summed E-state index contributed by atoms with van der Waals surface area (Å²) in [4.78, 5) is 23.3. The molecule has 1 aliphatic rings. The molecule has 1 saturated heterocycles. The number of morpholine rings is 1. The molecule has 6 nitrogen and oxygen atoms in total. The molecule has 31 heavy (non-hydrogen) atoms. The van der Waals surface area contributed by atoms with Crippen molar-refractivity contribution in [3.63, 3.8) is 0 Å². The predicted molar refractivity (Wildman–Crippen MR) is 124 cm³/mol. The molecular formula is C23H22Cl2N4O2. The van der Waals surface area contributed by atoms with Crippen LogP contribution in [0.2, 0.25) is 10.0 Å². The van der Waals surface area contributed by atoms with Crippen LogP contribution in [-0.2, 0) is 4.74 Å². The zero-order chi connectivity index (χ0) is 22.0. The summed E-state index contributed by atoms with van der Waals surface area (Å²) in [7, 11) is 0. The maximum absolute atomic E-state index is 12.7. The highest BCUT2D eigenvalue weighted by molar-refractivity contribution is 6.42. The largest absolute Gasteiger partial charge is 0.372 e. The number of ether oxygens (including phenoxy) is 1. The minimum Gasteiger partial charge on any atom is -0.372 e. The second-order valence-corrected chi connectivity index (χ2v) is 8.40. The highest BCUT2D eigenvalue weighted by Gasteiger charge is 2.22. The number of carbonyl (C=O) groups excluding carboxylic acids is 1. The first-order valence-electron chi connectivity index (χ1n) is 9.98. The van der Waals surface area contributed by atoms with Gasteiger partial charge in [-0.3, -0.25) is 4.79 Å². The lowest BCUT2D eigenvalue weighted by molar-refractivity contribution is -0.00521. The van der Waals surface area contributed by atoms with E-state index in [2.05, 4.69) is 34.0 Å². The van der Waals surface area contributed by atoms with Crippen molar-refractivity contribution in [2.24, 2.45) is 0 Å². The van der Waals surface area contributed by atoms with Crippen LogP contribution in [0.1, 0.15) is 24.3 Å². The van der Waals surface area contributed by atoms with Crippen LogP contribution >= 0.6 is 23.2 Å². The van der Waals surface area contributed by atoms with E-state index in [0.29, 0.717) is 21.4 Å². The fraction of sp³-hybridized carbons (Fsp3) is 0.261. The molecule has 2 aromatic carbocycles. The molecule has 1 aromatic heterocycles. The van der Waals surface area contributed by atoms with Gasteiger partial charge in [0, 0.05) is 30.0 Å². The summed E-state index contributed by atoms with van der Waals surface area (Å²) in [5.41, 5.74) is 3.39. The van der Waals surface area contributed by atoms with E-state index in [9.17, 15) is 4.79 Å². The van der Waals surface area contributed by atoms with Crippen LogP contribution < -0.4 is 10.2 Å². The lowest BCUT2D eigenvalue weighted by Gasteiger charge is -2.36. The van der Waals surface area contributed by atoms with Crippen LogP contribution in [-0.4, -0.2) is 41.2 Å². The minimum atomic E-state index is -0.315.